The minimum atomic E-state index is -4.14. The topological polar surface area (TPSA) is 138 Å². The Kier molecular flexibility index (Phi) is 5.35. The van der Waals surface area contributed by atoms with Crippen LogP contribution in [0.3, 0.4) is 0 Å². The van der Waals surface area contributed by atoms with Crippen LogP contribution < -0.4 is 4.72 Å². The second-order valence-corrected chi connectivity index (χ2v) is 9.08. The summed E-state index contributed by atoms with van der Waals surface area (Å²) in [6.45, 7) is 2.70. The van der Waals surface area contributed by atoms with E-state index >= 15 is 0 Å². The normalized spacial score (nSPS) is 13.1. The molecule has 2 aromatic carbocycles. The molecule has 1 aliphatic rings. The van der Waals surface area contributed by atoms with E-state index in [4.69, 9.17) is 4.42 Å². The van der Waals surface area contributed by atoms with Crippen molar-refractivity contribution in [1.82, 2.24) is 4.90 Å². The molecule has 1 aromatic heterocycles. The average molecular weight is 463 g/mol. The monoisotopic (exact) mass is 463 g/mol. The van der Waals surface area contributed by atoms with Crippen LogP contribution in [0.15, 0.2) is 57.8 Å². The standard InChI is InChI=1S/C23H17N3O6S/c1-13(27)20-14(2)32-21(19(20)11-24)25-33(30,31)16-9-7-15(8-10-16)12-26-22(28)17-5-3-4-6-18(17)23(26)29/h3-10,25H,12H2,1-2H3. The number of imide groups is 1. The van der Waals surface area contributed by atoms with Crippen molar-refractivity contribution in [1.29, 1.82) is 5.26 Å². The summed E-state index contributed by atoms with van der Waals surface area (Å²) in [5, 5.41) is 9.35. The Morgan fingerprint density at radius 1 is 1.06 bits per heavy atom. The van der Waals surface area contributed by atoms with E-state index in [-0.39, 0.29) is 34.2 Å². The number of sulfonamides is 1. The molecule has 4 rings (SSSR count). The van der Waals surface area contributed by atoms with Crippen LogP contribution >= 0.6 is 0 Å². The average Bonchev–Trinajstić information content (AvgIpc) is 3.22. The Hall–Kier alpha value is -4.23. The van der Waals surface area contributed by atoms with Crippen LogP contribution in [0.2, 0.25) is 0 Å². The first-order valence-corrected chi connectivity index (χ1v) is 11.2. The highest BCUT2D eigenvalue weighted by atomic mass is 32.2. The van der Waals surface area contributed by atoms with Gasteiger partial charge in [0.15, 0.2) is 5.78 Å². The van der Waals surface area contributed by atoms with E-state index in [9.17, 15) is 28.1 Å². The molecule has 10 heteroatoms. The van der Waals surface area contributed by atoms with E-state index in [0.29, 0.717) is 16.7 Å². The zero-order valence-corrected chi connectivity index (χ0v) is 18.4. The molecule has 0 aliphatic carbocycles. The van der Waals surface area contributed by atoms with Crippen molar-refractivity contribution in [2.75, 3.05) is 4.72 Å². The maximum atomic E-state index is 12.8. The Morgan fingerprint density at radius 2 is 1.64 bits per heavy atom. The molecule has 0 bridgehead atoms. The lowest BCUT2D eigenvalue weighted by atomic mass is 10.1. The third-order valence-electron chi connectivity index (χ3n) is 5.23. The number of amides is 2. The fourth-order valence-electron chi connectivity index (χ4n) is 3.67. The number of carbonyl (C=O) groups excluding carboxylic acids is 3. The number of fused-ring (bicyclic) bond motifs is 1. The molecule has 1 N–H and O–H groups in total. The van der Waals surface area contributed by atoms with Crippen molar-refractivity contribution >= 4 is 33.5 Å². The number of benzene rings is 2. The van der Waals surface area contributed by atoms with E-state index < -0.39 is 27.6 Å². The second-order valence-electron chi connectivity index (χ2n) is 7.40. The number of Topliss-reactive ketones (excluding diaryl/α,β-unsaturated/α-hetero) is 1. The molecule has 0 saturated carbocycles. The molecule has 0 atom stereocenters. The zero-order chi connectivity index (χ0) is 23.9. The molecule has 3 aromatic rings. The number of anilines is 1. The third kappa shape index (κ3) is 3.79. The number of rotatable bonds is 6. The lowest BCUT2D eigenvalue weighted by Gasteiger charge is -2.14. The van der Waals surface area contributed by atoms with Gasteiger partial charge >= 0.3 is 0 Å². The number of hydrogen-bond acceptors (Lipinski definition) is 7. The number of nitrogens with one attached hydrogen (secondary N) is 1. The summed E-state index contributed by atoms with van der Waals surface area (Å²) < 4.78 is 33.1. The molecule has 1 aliphatic heterocycles. The van der Waals surface area contributed by atoms with Crippen LogP contribution in [0.4, 0.5) is 5.88 Å². The van der Waals surface area contributed by atoms with Gasteiger partial charge in [-0.3, -0.25) is 19.3 Å². The SMILES string of the molecule is CC(=O)c1c(C)oc(NS(=O)(=O)c2ccc(CN3C(=O)c4ccccc4C3=O)cc2)c1C#N. The Bertz CT molecular complexity index is 1430. The van der Waals surface area contributed by atoms with Crippen LogP contribution in [-0.2, 0) is 16.6 Å². The van der Waals surface area contributed by atoms with Crippen molar-refractivity contribution in [3.05, 3.63) is 82.1 Å². The number of nitriles is 1. The van der Waals surface area contributed by atoms with E-state index in [2.05, 4.69) is 4.72 Å². The van der Waals surface area contributed by atoms with Gasteiger partial charge in [0.25, 0.3) is 21.8 Å². The van der Waals surface area contributed by atoms with Gasteiger partial charge in [-0.2, -0.15) is 5.26 Å². The summed E-state index contributed by atoms with van der Waals surface area (Å²) in [4.78, 5) is 37.8. The van der Waals surface area contributed by atoms with Crippen molar-refractivity contribution < 1.29 is 27.2 Å². The van der Waals surface area contributed by atoms with Gasteiger partial charge in [0.2, 0.25) is 5.88 Å². The smallest absolute Gasteiger partial charge is 0.264 e. The van der Waals surface area contributed by atoms with E-state index in [1.807, 2.05) is 0 Å². The third-order valence-corrected chi connectivity index (χ3v) is 6.57. The highest BCUT2D eigenvalue weighted by Gasteiger charge is 2.35. The first-order chi connectivity index (χ1) is 15.6. The highest BCUT2D eigenvalue weighted by Crippen LogP contribution is 2.29. The summed E-state index contributed by atoms with van der Waals surface area (Å²) in [6.07, 6.45) is 0. The number of nitrogens with zero attached hydrogens (tertiary/aromatic N) is 2. The minimum Gasteiger partial charge on any atom is -0.443 e. The van der Waals surface area contributed by atoms with Gasteiger partial charge in [0.05, 0.1) is 28.1 Å². The summed E-state index contributed by atoms with van der Waals surface area (Å²) in [7, 11) is -4.14. The minimum absolute atomic E-state index is 0.0158. The van der Waals surface area contributed by atoms with E-state index in [1.54, 1.807) is 30.3 Å². The first kappa shape index (κ1) is 22.0. The maximum Gasteiger partial charge on any atom is 0.264 e. The quantitative estimate of drug-likeness (QED) is 0.437. The van der Waals surface area contributed by atoms with Gasteiger partial charge in [0.1, 0.15) is 17.4 Å². The van der Waals surface area contributed by atoms with Crippen LogP contribution in [0.1, 0.15) is 54.9 Å². The Labute approximate surface area is 189 Å². The molecule has 0 spiro atoms. The number of carbonyl (C=O) groups is 3. The van der Waals surface area contributed by atoms with Gasteiger partial charge in [-0.15, -0.1) is 0 Å². The lowest BCUT2D eigenvalue weighted by molar-refractivity contribution is 0.0642. The predicted molar refractivity (Wildman–Crippen MR) is 116 cm³/mol. The lowest BCUT2D eigenvalue weighted by Crippen LogP contribution is -2.29. The number of hydrogen-bond donors (Lipinski definition) is 1. The molecule has 0 fully saturated rings. The fraction of sp³-hybridized carbons (Fsp3) is 0.130. The summed E-state index contributed by atoms with van der Waals surface area (Å²) in [5.74, 6) is -1.45. The Balaban J connectivity index is 1.55. The predicted octanol–water partition coefficient (Wildman–Crippen LogP) is 3.26. The molecule has 0 radical (unpaired) electrons. The maximum absolute atomic E-state index is 12.8. The molecular weight excluding hydrogens is 446 g/mol. The second kappa shape index (κ2) is 8.03. The summed E-state index contributed by atoms with van der Waals surface area (Å²) in [6, 6.07) is 13.9. The van der Waals surface area contributed by atoms with E-state index in [1.165, 1.54) is 38.1 Å². The molecule has 0 unspecified atom stereocenters. The number of furan rings is 1. The molecule has 2 heterocycles. The van der Waals surface area contributed by atoms with E-state index in [0.717, 1.165) is 4.90 Å². The largest absolute Gasteiger partial charge is 0.443 e. The van der Waals surface area contributed by atoms with Crippen LogP contribution in [-0.4, -0.2) is 30.9 Å². The number of aryl methyl sites for hydroxylation is 1. The first-order valence-electron chi connectivity index (χ1n) is 9.75. The molecule has 166 valence electrons. The summed E-state index contributed by atoms with van der Waals surface area (Å²) >= 11 is 0. The van der Waals surface area contributed by atoms with Gasteiger partial charge in [-0.25, -0.2) is 13.1 Å². The molecule has 0 saturated heterocycles. The number of ketones is 1. The van der Waals surface area contributed by atoms with Crippen molar-refractivity contribution in [3.63, 3.8) is 0 Å². The fourth-order valence-corrected chi connectivity index (χ4v) is 4.67. The van der Waals surface area contributed by atoms with Crippen molar-refractivity contribution in [2.24, 2.45) is 0 Å². The Morgan fingerprint density at radius 3 is 2.15 bits per heavy atom. The van der Waals surface area contributed by atoms with Crippen LogP contribution in [0.5, 0.6) is 0 Å². The van der Waals surface area contributed by atoms with Crippen LogP contribution in [0, 0.1) is 18.3 Å². The summed E-state index contributed by atoms with van der Waals surface area (Å²) in [5.41, 5.74) is 1.04. The van der Waals surface area contributed by atoms with Gasteiger partial charge in [0, 0.05) is 0 Å². The highest BCUT2D eigenvalue weighted by molar-refractivity contribution is 7.92. The van der Waals surface area contributed by atoms with Crippen molar-refractivity contribution in [2.45, 2.75) is 25.3 Å². The van der Waals surface area contributed by atoms with Gasteiger partial charge in [-0.1, -0.05) is 24.3 Å². The molecular formula is C23H17N3O6S. The zero-order valence-electron chi connectivity index (χ0n) is 17.6. The van der Waals surface area contributed by atoms with Crippen LogP contribution in [0.25, 0.3) is 0 Å². The molecule has 2 amide bonds. The molecule has 33 heavy (non-hydrogen) atoms. The van der Waals surface area contributed by atoms with Crippen molar-refractivity contribution in [3.8, 4) is 6.07 Å². The van der Waals surface area contributed by atoms with Gasteiger partial charge < -0.3 is 4.42 Å². The van der Waals surface area contributed by atoms with Gasteiger partial charge in [-0.05, 0) is 43.7 Å². The molecule has 9 nitrogen and oxygen atoms in total.